The second-order valence-electron chi connectivity index (χ2n) is 16.8. The van der Waals surface area contributed by atoms with E-state index in [0.717, 1.165) is 18.5 Å². The summed E-state index contributed by atoms with van der Waals surface area (Å²) in [6.45, 7) is 2.77. The Morgan fingerprint density at radius 3 is 2.10 bits per heavy atom. The molecule has 334 valence electrons. The molecule has 3 aliphatic rings. The lowest BCUT2D eigenvalue weighted by molar-refractivity contribution is -0.300. The summed E-state index contributed by atoms with van der Waals surface area (Å²) >= 11 is 0. The molecule has 0 radical (unpaired) electrons. The van der Waals surface area contributed by atoms with E-state index >= 15 is 0 Å². The average molecular weight is 852 g/mol. The highest BCUT2D eigenvalue weighted by atomic mass is 16.7. The van der Waals surface area contributed by atoms with E-state index in [9.17, 15) is 39.9 Å². The van der Waals surface area contributed by atoms with Crippen LogP contribution in [0.4, 0.5) is 0 Å². The number of aromatic hydroxyl groups is 1. The van der Waals surface area contributed by atoms with Crippen LogP contribution in [0.25, 0.3) is 32.7 Å². The standard InChI is InChI=1S/C42H61N9O10/c1-46(2)14-7-11-25-21-27-33-32-28(39(57)50(40(58)31(25)32)18-9-15-47(3)4)22-29(34(33)41(59)51(38(27)56)19-10-16-48(5)6)43-13-8-17-49-23-26(44-45-49)12-20-60-42-37(55)36(54)35(53)30(24-52)61-42/h21-23,30,35-37,42,52-56H,7-20,24H2,1-6H3/t30-,35-,36+,37+,42+/m1/s1. The van der Waals surface area contributed by atoms with Gasteiger partial charge in [-0.25, -0.2) is 0 Å². The van der Waals surface area contributed by atoms with Gasteiger partial charge in [-0.05, 0) is 112 Å². The van der Waals surface area contributed by atoms with Crippen molar-refractivity contribution in [3.63, 3.8) is 0 Å². The molecular weight excluding hydrogens is 791 g/mol. The quantitative estimate of drug-likeness (QED) is 0.0427. The number of ether oxygens (including phenoxy) is 2. The van der Waals surface area contributed by atoms with Crippen LogP contribution < -0.4 is 22.0 Å². The topological polar surface area (TPSA) is 233 Å². The van der Waals surface area contributed by atoms with Crippen molar-refractivity contribution < 1.29 is 35.0 Å². The highest BCUT2D eigenvalue weighted by Gasteiger charge is 2.44. The number of nitrogens with zero attached hydrogens (tertiary/aromatic N) is 9. The van der Waals surface area contributed by atoms with Gasteiger partial charge in [0.2, 0.25) is 5.88 Å². The summed E-state index contributed by atoms with van der Waals surface area (Å²) in [5.74, 6) is -0.200. The highest BCUT2D eigenvalue weighted by molar-refractivity contribution is 6.16. The zero-order chi connectivity index (χ0) is 44.1. The Morgan fingerprint density at radius 2 is 1.43 bits per heavy atom. The Morgan fingerprint density at radius 1 is 0.770 bits per heavy atom. The molecule has 6 rings (SSSR count). The normalized spacial score (nSPS) is 20.3. The van der Waals surface area contributed by atoms with Crippen LogP contribution in [0.5, 0.6) is 5.88 Å². The van der Waals surface area contributed by atoms with E-state index < -0.39 is 54.0 Å². The maximum atomic E-state index is 14.5. The molecule has 5 atom stereocenters. The van der Waals surface area contributed by atoms with Crippen LogP contribution in [0.1, 0.15) is 36.9 Å². The number of hydrogen-bond donors (Lipinski definition) is 5. The third-order valence-corrected chi connectivity index (χ3v) is 11.3. The Balaban J connectivity index is 1.34. The van der Waals surface area contributed by atoms with Gasteiger partial charge in [-0.2, -0.15) is 0 Å². The van der Waals surface area contributed by atoms with Crippen LogP contribution in [0.2, 0.25) is 0 Å². The molecule has 2 aliphatic heterocycles. The van der Waals surface area contributed by atoms with Crippen molar-refractivity contribution in [2.24, 2.45) is 4.99 Å². The lowest BCUT2D eigenvalue weighted by atomic mass is 9.87. The van der Waals surface area contributed by atoms with E-state index in [2.05, 4.69) is 15.2 Å². The van der Waals surface area contributed by atoms with Gasteiger partial charge in [0.15, 0.2) is 6.29 Å². The molecular formula is C42H61N9O10. The van der Waals surface area contributed by atoms with Gasteiger partial charge < -0.3 is 49.7 Å². The molecule has 4 heterocycles. The average Bonchev–Trinajstić information content (AvgIpc) is 3.67. The zero-order valence-corrected chi connectivity index (χ0v) is 36.0. The molecule has 61 heavy (non-hydrogen) atoms. The van der Waals surface area contributed by atoms with Crippen LogP contribution in [0.3, 0.4) is 0 Å². The summed E-state index contributed by atoms with van der Waals surface area (Å²) in [6.07, 6.45) is -1.89. The van der Waals surface area contributed by atoms with Gasteiger partial charge >= 0.3 is 0 Å². The fourth-order valence-corrected chi connectivity index (χ4v) is 8.12. The number of aryl methyl sites for hydroxylation is 2. The number of aromatic nitrogens is 5. The van der Waals surface area contributed by atoms with Crippen molar-refractivity contribution >= 4 is 21.5 Å². The molecule has 0 saturated carbocycles. The van der Waals surface area contributed by atoms with Gasteiger partial charge in [0.05, 0.1) is 40.6 Å². The number of benzene rings is 2. The molecule has 2 aromatic heterocycles. The second kappa shape index (κ2) is 20.2. The molecule has 1 aliphatic carbocycles. The molecule has 0 amide bonds. The van der Waals surface area contributed by atoms with E-state index in [1.54, 1.807) is 16.9 Å². The van der Waals surface area contributed by atoms with Crippen molar-refractivity contribution in [3.05, 3.63) is 66.0 Å². The molecule has 0 unspecified atom stereocenters. The molecule has 1 aromatic carbocycles. The van der Waals surface area contributed by atoms with Crippen LogP contribution in [0, 0.1) is 0 Å². The summed E-state index contributed by atoms with van der Waals surface area (Å²) < 4.78 is 15.3. The summed E-state index contributed by atoms with van der Waals surface area (Å²) in [6, 6.07) is 3.47. The monoisotopic (exact) mass is 851 g/mol. The fraction of sp³-hybridized carbons (Fsp3) is 0.619. The number of pyridine rings is 2. The van der Waals surface area contributed by atoms with Crippen LogP contribution in [-0.4, -0.2) is 177 Å². The van der Waals surface area contributed by atoms with Crippen molar-refractivity contribution in [1.82, 2.24) is 38.8 Å². The van der Waals surface area contributed by atoms with E-state index in [0.29, 0.717) is 84.5 Å². The summed E-state index contributed by atoms with van der Waals surface area (Å²) in [4.78, 5) is 54.3. The number of aliphatic hydroxyl groups is 4. The minimum absolute atomic E-state index is 0.0512. The first-order chi connectivity index (χ1) is 29.1. The molecule has 19 heteroatoms. The lowest BCUT2D eigenvalue weighted by Gasteiger charge is -2.39. The fourth-order valence-electron chi connectivity index (χ4n) is 8.12. The number of rotatable bonds is 21. The van der Waals surface area contributed by atoms with Gasteiger partial charge in [0, 0.05) is 55.1 Å². The maximum absolute atomic E-state index is 14.5. The van der Waals surface area contributed by atoms with Crippen molar-refractivity contribution in [1.29, 1.82) is 0 Å². The molecule has 1 saturated heterocycles. The predicted molar refractivity (Wildman–Crippen MR) is 229 cm³/mol. The minimum Gasteiger partial charge on any atom is -0.494 e. The highest BCUT2D eigenvalue weighted by Crippen LogP contribution is 2.39. The Labute approximate surface area is 353 Å². The molecule has 3 aromatic rings. The van der Waals surface area contributed by atoms with Crippen molar-refractivity contribution in [3.8, 4) is 17.0 Å². The van der Waals surface area contributed by atoms with Crippen molar-refractivity contribution in [2.45, 2.75) is 88.9 Å². The van der Waals surface area contributed by atoms with Crippen LogP contribution >= 0.6 is 0 Å². The van der Waals surface area contributed by atoms with Gasteiger partial charge in [-0.3, -0.25) is 33.2 Å². The van der Waals surface area contributed by atoms with Crippen molar-refractivity contribution in [2.75, 3.05) is 81.7 Å². The third-order valence-electron chi connectivity index (χ3n) is 11.3. The van der Waals surface area contributed by atoms with Crippen LogP contribution in [-0.2, 0) is 41.9 Å². The lowest BCUT2D eigenvalue weighted by Crippen LogP contribution is -2.59. The molecule has 5 N–H and O–H groups in total. The van der Waals surface area contributed by atoms with Crippen LogP contribution in [0.15, 0.2) is 37.7 Å². The van der Waals surface area contributed by atoms with E-state index in [-0.39, 0.29) is 43.1 Å². The largest absolute Gasteiger partial charge is 0.494 e. The molecule has 0 bridgehead atoms. The van der Waals surface area contributed by atoms with E-state index in [4.69, 9.17) is 14.5 Å². The first kappa shape index (κ1) is 46.1. The second-order valence-corrected chi connectivity index (χ2v) is 16.8. The molecule has 1 fully saturated rings. The Hall–Kier alpha value is -4.44. The third kappa shape index (κ3) is 10.1. The first-order valence-corrected chi connectivity index (χ1v) is 21.0. The molecule has 19 nitrogen and oxygen atoms in total. The first-order valence-electron chi connectivity index (χ1n) is 21.0. The van der Waals surface area contributed by atoms with E-state index in [1.165, 1.54) is 9.13 Å². The number of hydrogen-bond acceptors (Lipinski definition) is 16. The SMILES string of the molecule is CN(C)CCCc1cc2c(O)n(CCCN(C)C)c(=O)c3c(=NCCCn4cc(CCO[C@H]5O[C@H](CO)[C@@H](O)[C@H](O)[C@@H]5O)nn4)cc4c(=O)n(CCCN(C)C)c(=O)c1c-4c23. The van der Waals surface area contributed by atoms with E-state index in [1.807, 2.05) is 58.2 Å². The van der Waals surface area contributed by atoms with Gasteiger partial charge in [-0.1, -0.05) is 5.21 Å². The van der Waals surface area contributed by atoms with Gasteiger partial charge in [0.1, 0.15) is 24.4 Å². The molecule has 0 spiro atoms. The summed E-state index contributed by atoms with van der Waals surface area (Å²) in [5, 5.41) is 61.7. The smallest absolute Gasteiger partial charge is 0.263 e. The zero-order valence-electron chi connectivity index (χ0n) is 36.0. The predicted octanol–water partition coefficient (Wildman–Crippen LogP) is -1.30. The Kier molecular flexibility index (Phi) is 15.2. The summed E-state index contributed by atoms with van der Waals surface area (Å²) in [5.41, 5.74) is 0.680. The Bertz CT molecular complexity index is 2450. The minimum atomic E-state index is -1.54. The summed E-state index contributed by atoms with van der Waals surface area (Å²) in [7, 11) is 11.7. The maximum Gasteiger partial charge on any atom is 0.263 e. The van der Waals surface area contributed by atoms with Gasteiger partial charge in [0.25, 0.3) is 16.7 Å². The number of aliphatic hydroxyl groups excluding tert-OH is 4. The van der Waals surface area contributed by atoms with Gasteiger partial charge in [-0.15, -0.1) is 5.10 Å².